The topological polar surface area (TPSA) is 264 Å². The van der Waals surface area contributed by atoms with Crippen molar-refractivity contribution in [2.75, 3.05) is 0 Å². The van der Waals surface area contributed by atoms with Gasteiger partial charge in [0.25, 0.3) is 0 Å². The van der Waals surface area contributed by atoms with Crippen molar-refractivity contribution in [1.82, 2.24) is 29.9 Å². The molecule has 21 heteroatoms. The van der Waals surface area contributed by atoms with E-state index in [1.165, 1.54) is 11.3 Å². The summed E-state index contributed by atoms with van der Waals surface area (Å²) in [5.74, 6) is 7.71. The number of aromatic amines is 1. The molecule has 5 aromatic carbocycles. The number of H-pyrrole nitrogens is 1. The van der Waals surface area contributed by atoms with E-state index in [-0.39, 0.29) is 41.8 Å². The molecule has 8 aromatic rings. The second-order valence-corrected chi connectivity index (χ2v) is 31.5. The lowest BCUT2D eigenvalue weighted by Crippen LogP contribution is -2.25. The summed E-state index contributed by atoms with van der Waals surface area (Å²) < 4.78 is 24.1. The van der Waals surface area contributed by atoms with Gasteiger partial charge in [-0.15, -0.1) is 0 Å². The summed E-state index contributed by atoms with van der Waals surface area (Å²) in [7, 11) is 0. The Labute approximate surface area is 656 Å². The largest absolute Gasteiger partial charge is 0.490 e. The molecule has 4 aliphatic rings. The van der Waals surface area contributed by atoms with Crippen LogP contribution in [0.15, 0.2) is 128 Å². The number of benzene rings is 5. The Morgan fingerprint density at radius 3 is 1.09 bits per heavy atom. The van der Waals surface area contributed by atoms with Gasteiger partial charge in [0.15, 0.2) is 23.2 Å². The van der Waals surface area contributed by atoms with E-state index in [1.807, 2.05) is 36.5 Å². The summed E-state index contributed by atoms with van der Waals surface area (Å²) in [5.41, 5.74) is 7.54. The molecule has 3 aromatic heterocycles. The lowest BCUT2D eigenvalue weighted by atomic mass is 9.83. The van der Waals surface area contributed by atoms with Crippen LogP contribution in [0.3, 0.4) is 0 Å². The molecule has 17 nitrogen and oxygen atoms in total. The average molecular weight is 1540 g/mol. The number of ether oxygens (including phenoxy) is 4. The van der Waals surface area contributed by atoms with Crippen molar-refractivity contribution in [1.29, 1.82) is 21.0 Å². The maximum atomic E-state index is 12.6. The van der Waals surface area contributed by atoms with Crippen molar-refractivity contribution >= 4 is 63.8 Å². The number of nitrogens with one attached hydrogen (secondary N) is 1. The van der Waals surface area contributed by atoms with Crippen LogP contribution in [0.2, 0.25) is 20.1 Å². The van der Waals surface area contributed by atoms with Gasteiger partial charge in [-0.1, -0.05) is 126 Å². The van der Waals surface area contributed by atoms with Crippen LogP contribution in [0.1, 0.15) is 289 Å². The summed E-state index contributed by atoms with van der Waals surface area (Å²) in [5, 5.41) is 37.4. The van der Waals surface area contributed by atoms with Crippen molar-refractivity contribution in [2.24, 2.45) is 17.8 Å². The second-order valence-electron chi connectivity index (χ2n) is 29.9. The molecule has 0 unspecified atom stereocenters. The fourth-order valence-corrected chi connectivity index (χ4v) is 14.7. The van der Waals surface area contributed by atoms with Crippen molar-refractivity contribution in [3.8, 4) is 47.3 Å². The van der Waals surface area contributed by atoms with Crippen LogP contribution in [0.25, 0.3) is 0 Å². The summed E-state index contributed by atoms with van der Waals surface area (Å²) in [6.07, 6.45) is 26.3. The lowest BCUT2D eigenvalue weighted by Gasteiger charge is -2.28. The number of carbonyl (C=O) groups is 3. The number of imidazole rings is 1. The minimum atomic E-state index is 0.0125. The standard InChI is InChI=1S/C24H26ClNO2.2C22H24ClN3O2.C19H22ClN3O/c1-16(2)18-5-7-19(8-6-18)24(27)13-17-3-10-21(11-4-17)28-22-12-9-20(15-26)23(25)14-22;1-14(2)17-12-25-22(26-13-17)21(27)9-15-3-6-18(7-4-15)28-19-8-5-16(11-24)20(23)10-19;1-14(2)20-12-26-21(13-25-20)22(27)9-15-3-6-17(7-4-15)28-18-8-5-16(11-24)19(23)10-18;1-12(2)19-22-11-18(23-19)13-3-6-15(7-4-13)24-16-8-5-14(10-21)17(20)9-16/h5-9,12,14,16-17,21H,3-4,10-11,13H2,1-2H3;5,8,10,12-15,18H,3-4,6-7,9H2,1-2H3;5,8,10,12-15,17H,3-4,6-7,9H2,1-2H3;5,8-9,11-13,15H,3-4,6-7H2,1-2H3,(H,22,23). The molecular formula is C87H96Cl4N10O7. The number of hydrogen-bond donors (Lipinski definition) is 1. The predicted molar refractivity (Wildman–Crippen MR) is 422 cm³/mol. The molecule has 564 valence electrons. The molecular weight excluding hydrogens is 1440 g/mol. The molecule has 108 heavy (non-hydrogen) atoms. The van der Waals surface area contributed by atoms with Crippen molar-refractivity contribution < 1.29 is 33.3 Å². The zero-order valence-electron chi connectivity index (χ0n) is 62.9. The van der Waals surface area contributed by atoms with E-state index in [2.05, 4.69) is 110 Å². The van der Waals surface area contributed by atoms with Gasteiger partial charge < -0.3 is 23.9 Å². The molecule has 1 N–H and O–H groups in total. The van der Waals surface area contributed by atoms with Gasteiger partial charge in [0.05, 0.1) is 78.7 Å². The summed E-state index contributed by atoms with van der Waals surface area (Å²) in [6, 6.07) is 37.0. The number of ketones is 3. The maximum Gasteiger partial charge on any atom is 0.200 e. The molecule has 0 amide bonds. The smallest absolute Gasteiger partial charge is 0.200 e. The van der Waals surface area contributed by atoms with Crippen molar-refractivity contribution in [3.05, 3.63) is 216 Å². The number of nitriles is 4. The fraction of sp³-hybridized carbons (Fsp3) is 0.448. The van der Waals surface area contributed by atoms with Crippen LogP contribution in [0.5, 0.6) is 23.0 Å². The molecule has 12 rings (SSSR count). The number of Topliss-reactive ketones (excluding diaryl/α,β-unsaturated/α-hetero) is 3. The molecule has 4 aliphatic carbocycles. The van der Waals surface area contributed by atoms with E-state index in [0.717, 1.165) is 131 Å². The Bertz CT molecular complexity index is 4120. The van der Waals surface area contributed by atoms with E-state index >= 15 is 0 Å². The van der Waals surface area contributed by atoms with Gasteiger partial charge in [-0.3, -0.25) is 19.4 Å². The minimum Gasteiger partial charge on any atom is -0.490 e. The zero-order valence-corrected chi connectivity index (χ0v) is 65.9. The van der Waals surface area contributed by atoms with Crippen LogP contribution >= 0.6 is 46.4 Å². The van der Waals surface area contributed by atoms with Crippen molar-refractivity contribution in [2.45, 2.75) is 231 Å². The normalized spacial score (nSPS) is 19.6. The highest BCUT2D eigenvalue weighted by molar-refractivity contribution is 6.32. The summed E-state index contributed by atoms with van der Waals surface area (Å²) in [6.45, 7) is 16.9. The number of aromatic nitrogens is 6. The second kappa shape index (κ2) is 40.8. The van der Waals surface area contributed by atoms with Crippen LogP contribution in [-0.4, -0.2) is 71.7 Å². The highest BCUT2D eigenvalue weighted by Crippen LogP contribution is 2.38. The number of halogens is 4. The van der Waals surface area contributed by atoms with Gasteiger partial charge in [-0.05, 0) is 198 Å². The molecule has 0 bridgehead atoms. The first kappa shape index (κ1) is 82.8. The highest BCUT2D eigenvalue weighted by atomic mass is 35.5. The van der Waals surface area contributed by atoms with Gasteiger partial charge in [0.1, 0.15) is 58.8 Å². The third kappa shape index (κ3) is 24.7. The van der Waals surface area contributed by atoms with Crippen LogP contribution in [0.4, 0.5) is 0 Å². The Hall–Kier alpha value is -9.20. The number of rotatable bonds is 22. The summed E-state index contributed by atoms with van der Waals surface area (Å²) in [4.78, 5) is 62.6. The number of nitrogens with zero attached hydrogens (tertiary/aromatic N) is 9. The highest BCUT2D eigenvalue weighted by Gasteiger charge is 2.30. The predicted octanol–water partition coefficient (Wildman–Crippen LogP) is 22.4. The lowest BCUT2D eigenvalue weighted by molar-refractivity contribution is 0.0889. The first-order valence-corrected chi connectivity index (χ1v) is 39.3. The third-order valence-electron chi connectivity index (χ3n) is 20.6. The minimum absolute atomic E-state index is 0.0125. The van der Waals surface area contributed by atoms with E-state index in [4.69, 9.17) is 86.4 Å². The quantitative estimate of drug-likeness (QED) is 0.0618. The molecule has 0 spiro atoms. The molecule has 0 radical (unpaired) electrons. The zero-order chi connectivity index (χ0) is 77.4. The van der Waals surface area contributed by atoms with Gasteiger partial charge in [-0.2, -0.15) is 21.0 Å². The Kier molecular flexibility index (Phi) is 31.3. The molecule has 4 saturated carbocycles. The molecule has 4 fully saturated rings. The average Bonchev–Trinajstić information content (AvgIpc) is 1.78. The third-order valence-corrected chi connectivity index (χ3v) is 21.8. The van der Waals surface area contributed by atoms with Gasteiger partial charge in [-0.25, -0.2) is 19.9 Å². The molecule has 0 saturated heterocycles. The SMILES string of the molecule is CC(C)c1ccc(C(=O)CC2CCC(Oc3ccc(C#N)c(Cl)c3)CC2)cc1.CC(C)c1cnc(C(=O)CC2CCC(Oc3ccc(C#N)c(Cl)c3)CC2)cn1.CC(C)c1cnc(C(=O)CC2CCC(Oc3ccc(C#N)c(Cl)c3)CC2)nc1.CC(C)c1ncc(C2CCC(Oc3ccc(C#N)c(Cl)c3)CC2)[nH]1. The maximum absolute atomic E-state index is 12.6. The van der Waals surface area contributed by atoms with Crippen LogP contribution < -0.4 is 18.9 Å². The molecule has 0 aliphatic heterocycles. The number of carbonyl (C=O) groups excluding carboxylic acids is 3. The van der Waals surface area contributed by atoms with E-state index in [9.17, 15) is 14.4 Å². The Morgan fingerprint density at radius 1 is 0.398 bits per heavy atom. The van der Waals surface area contributed by atoms with E-state index < -0.39 is 0 Å². The van der Waals surface area contributed by atoms with Gasteiger partial charge in [0, 0.05) is 91.4 Å². The first-order valence-electron chi connectivity index (χ1n) is 37.8. The first-order chi connectivity index (χ1) is 51.9. The van der Waals surface area contributed by atoms with E-state index in [1.54, 1.807) is 91.5 Å². The number of hydrogen-bond acceptors (Lipinski definition) is 16. The Morgan fingerprint density at radius 2 is 0.769 bits per heavy atom. The fourth-order valence-electron chi connectivity index (χ4n) is 13.8. The molecule has 3 heterocycles. The monoisotopic (exact) mass is 1530 g/mol. The molecule has 0 atom stereocenters. The van der Waals surface area contributed by atoms with Gasteiger partial charge >= 0.3 is 0 Å². The van der Waals surface area contributed by atoms with Crippen LogP contribution in [-0.2, 0) is 0 Å². The van der Waals surface area contributed by atoms with Gasteiger partial charge in [0.2, 0.25) is 0 Å². The Balaban J connectivity index is 0.000000166. The van der Waals surface area contributed by atoms with Crippen LogP contribution in [0, 0.1) is 63.1 Å². The van der Waals surface area contributed by atoms with E-state index in [0.29, 0.717) is 138 Å². The van der Waals surface area contributed by atoms with Crippen molar-refractivity contribution in [3.63, 3.8) is 0 Å². The summed E-state index contributed by atoms with van der Waals surface area (Å²) >= 11 is 24.3.